The predicted molar refractivity (Wildman–Crippen MR) is 144 cm³/mol. The van der Waals surface area contributed by atoms with Crippen molar-refractivity contribution in [1.29, 1.82) is 0 Å². The van der Waals surface area contributed by atoms with E-state index < -0.39 is 41.5 Å². The number of carbonyl (C=O) groups is 3. The molecule has 8 heteroatoms. The fourth-order valence-electron chi connectivity index (χ4n) is 5.15. The van der Waals surface area contributed by atoms with E-state index in [2.05, 4.69) is 0 Å². The van der Waals surface area contributed by atoms with Gasteiger partial charge in [-0.3, -0.25) is 9.59 Å². The number of nitrogens with two attached hydrogens (primary N) is 1. The third kappa shape index (κ3) is 5.47. The van der Waals surface area contributed by atoms with Gasteiger partial charge in [0.25, 0.3) is 5.91 Å². The van der Waals surface area contributed by atoms with Crippen molar-refractivity contribution in [1.82, 2.24) is 4.90 Å². The lowest BCUT2D eigenvalue weighted by molar-refractivity contribution is -0.123. The Morgan fingerprint density at radius 1 is 0.875 bits per heavy atom. The summed E-state index contributed by atoms with van der Waals surface area (Å²) >= 11 is 0. The van der Waals surface area contributed by atoms with Crippen molar-refractivity contribution < 1.29 is 27.9 Å². The SMILES string of the molecule is NC(=O)[C@@H](c1ccccc1)N(C(=O)c1ccc(C(=O)OCc2ccccc2)cc1)[C@@H]1CCc2c(F)cc(F)cc21. The van der Waals surface area contributed by atoms with Gasteiger partial charge in [-0.05, 0) is 65.4 Å². The van der Waals surface area contributed by atoms with Crippen LogP contribution in [-0.2, 0) is 22.6 Å². The fraction of sp³-hybridized carbons (Fsp3) is 0.156. The van der Waals surface area contributed by atoms with Gasteiger partial charge in [-0.2, -0.15) is 0 Å². The van der Waals surface area contributed by atoms with Gasteiger partial charge in [0.2, 0.25) is 5.91 Å². The minimum atomic E-state index is -1.20. The summed E-state index contributed by atoms with van der Waals surface area (Å²) in [5.74, 6) is -3.39. The van der Waals surface area contributed by atoms with Crippen molar-refractivity contribution in [2.75, 3.05) is 0 Å². The third-order valence-corrected chi connectivity index (χ3v) is 7.04. The number of rotatable bonds is 8. The van der Waals surface area contributed by atoms with Gasteiger partial charge in [0.05, 0.1) is 11.6 Å². The first-order chi connectivity index (χ1) is 19.3. The Kier molecular flexibility index (Phi) is 7.68. The summed E-state index contributed by atoms with van der Waals surface area (Å²) in [6, 6.07) is 23.6. The maximum atomic E-state index is 14.6. The van der Waals surface area contributed by atoms with Gasteiger partial charge in [-0.25, -0.2) is 13.6 Å². The molecule has 2 amide bonds. The highest BCUT2D eigenvalue weighted by atomic mass is 19.1. The smallest absolute Gasteiger partial charge is 0.338 e. The molecular weight excluding hydrogens is 514 g/mol. The number of hydrogen-bond acceptors (Lipinski definition) is 4. The van der Waals surface area contributed by atoms with Crippen LogP contribution in [0.15, 0.2) is 97.1 Å². The number of hydrogen-bond donors (Lipinski definition) is 1. The molecule has 4 aromatic carbocycles. The molecule has 40 heavy (non-hydrogen) atoms. The van der Waals surface area contributed by atoms with Crippen LogP contribution in [0.4, 0.5) is 8.78 Å². The molecule has 1 aliphatic carbocycles. The first kappa shape index (κ1) is 26.7. The summed E-state index contributed by atoms with van der Waals surface area (Å²) in [7, 11) is 0. The van der Waals surface area contributed by atoms with Crippen LogP contribution in [0.3, 0.4) is 0 Å². The molecule has 0 bridgehead atoms. The number of esters is 1. The molecule has 0 saturated carbocycles. The zero-order chi connectivity index (χ0) is 28.2. The lowest BCUT2D eigenvalue weighted by atomic mass is 9.97. The van der Waals surface area contributed by atoms with Crippen LogP contribution in [0, 0.1) is 11.6 Å². The van der Waals surface area contributed by atoms with Crippen LogP contribution >= 0.6 is 0 Å². The topological polar surface area (TPSA) is 89.7 Å². The number of primary amides is 1. The highest BCUT2D eigenvalue weighted by Crippen LogP contribution is 2.42. The lowest BCUT2D eigenvalue weighted by Gasteiger charge is -2.36. The van der Waals surface area contributed by atoms with Gasteiger partial charge in [-0.15, -0.1) is 0 Å². The Labute approximate surface area is 230 Å². The van der Waals surface area contributed by atoms with Gasteiger partial charge >= 0.3 is 5.97 Å². The molecule has 0 radical (unpaired) electrons. The molecule has 2 N–H and O–H groups in total. The fourth-order valence-corrected chi connectivity index (χ4v) is 5.15. The van der Waals surface area contributed by atoms with Crippen molar-refractivity contribution in [2.45, 2.75) is 31.5 Å². The molecule has 0 aliphatic heterocycles. The summed E-state index contributed by atoms with van der Waals surface area (Å²) in [5.41, 5.74) is 8.15. The maximum absolute atomic E-state index is 14.6. The number of halogens is 2. The van der Waals surface area contributed by atoms with E-state index in [4.69, 9.17) is 10.5 Å². The van der Waals surface area contributed by atoms with Crippen LogP contribution in [0.5, 0.6) is 0 Å². The largest absolute Gasteiger partial charge is 0.457 e. The predicted octanol–water partition coefficient (Wildman–Crippen LogP) is 5.68. The van der Waals surface area contributed by atoms with Crippen LogP contribution in [0.2, 0.25) is 0 Å². The Morgan fingerprint density at radius 3 is 2.15 bits per heavy atom. The van der Waals surface area contributed by atoms with E-state index in [0.717, 1.165) is 11.6 Å². The van der Waals surface area contributed by atoms with E-state index in [1.807, 2.05) is 30.3 Å². The van der Waals surface area contributed by atoms with E-state index in [0.29, 0.717) is 16.7 Å². The first-order valence-corrected chi connectivity index (χ1v) is 12.8. The molecule has 0 aromatic heterocycles. The van der Waals surface area contributed by atoms with Crippen molar-refractivity contribution in [2.24, 2.45) is 5.73 Å². The number of nitrogens with zero attached hydrogens (tertiary/aromatic N) is 1. The molecule has 1 aliphatic rings. The molecule has 4 aromatic rings. The monoisotopic (exact) mass is 540 g/mol. The Hall–Kier alpha value is -4.85. The summed E-state index contributed by atoms with van der Waals surface area (Å²) in [5, 5.41) is 0. The Bertz CT molecular complexity index is 1540. The molecule has 202 valence electrons. The summed E-state index contributed by atoms with van der Waals surface area (Å²) in [6.45, 7) is 0.0969. The quantitative estimate of drug-likeness (QED) is 0.291. The molecule has 0 spiro atoms. The second kappa shape index (κ2) is 11.5. The van der Waals surface area contributed by atoms with Crippen LogP contribution in [-0.4, -0.2) is 22.7 Å². The van der Waals surface area contributed by atoms with Gasteiger partial charge in [-0.1, -0.05) is 60.7 Å². The zero-order valence-electron chi connectivity index (χ0n) is 21.4. The molecule has 0 fully saturated rings. The Morgan fingerprint density at radius 2 is 1.50 bits per heavy atom. The Balaban J connectivity index is 1.47. The van der Waals surface area contributed by atoms with E-state index in [1.54, 1.807) is 30.3 Å². The molecule has 0 heterocycles. The average molecular weight is 541 g/mol. The van der Waals surface area contributed by atoms with Crippen LogP contribution in [0.25, 0.3) is 0 Å². The second-order valence-electron chi connectivity index (χ2n) is 9.58. The summed E-state index contributed by atoms with van der Waals surface area (Å²) in [6.07, 6.45) is 0.546. The van der Waals surface area contributed by atoms with Gasteiger partial charge < -0.3 is 15.4 Å². The standard InChI is InChI=1S/C32H26F2N2O4/c33-24-17-26-25(27(34)18-24)15-16-28(26)36(29(30(35)37)21-9-5-2-6-10-21)31(38)22-11-13-23(14-12-22)32(39)40-19-20-7-3-1-4-8-20/h1-14,17-18,28-29H,15-16,19H2,(H2,35,37)/t28-,29-/m1/s1. The van der Waals surface area contributed by atoms with E-state index in [-0.39, 0.29) is 30.6 Å². The van der Waals surface area contributed by atoms with Crippen molar-refractivity contribution >= 4 is 17.8 Å². The van der Waals surface area contributed by atoms with Gasteiger partial charge in [0, 0.05) is 11.6 Å². The first-order valence-electron chi connectivity index (χ1n) is 12.8. The molecule has 2 atom stereocenters. The highest BCUT2D eigenvalue weighted by Gasteiger charge is 2.40. The summed E-state index contributed by atoms with van der Waals surface area (Å²) in [4.78, 5) is 40.7. The zero-order valence-corrected chi connectivity index (χ0v) is 21.4. The van der Waals surface area contributed by atoms with Gasteiger partial charge in [0.15, 0.2) is 0 Å². The molecule has 0 unspecified atom stereocenters. The van der Waals surface area contributed by atoms with Crippen molar-refractivity contribution in [3.05, 3.63) is 142 Å². The molecular formula is C32H26F2N2O4. The van der Waals surface area contributed by atoms with Crippen LogP contribution < -0.4 is 5.73 Å². The summed E-state index contributed by atoms with van der Waals surface area (Å²) < 4.78 is 34.3. The normalized spacial score (nSPS) is 14.7. The average Bonchev–Trinajstić information content (AvgIpc) is 3.38. The lowest BCUT2D eigenvalue weighted by Crippen LogP contribution is -2.43. The molecule has 0 saturated heterocycles. The molecule has 6 nitrogen and oxygen atoms in total. The van der Waals surface area contributed by atoms with Gasteiger partial charge in [0.1, 0.15) is 24.3 Å². The maximum Gasteiger partial charge on any atom is 0.338 e. The minimum Gasteiger partial charge on any atom is -0.457 e. The minimum absolute atomic E-state index is 0.0969. The number of amides is 2. The second-order valence-corrected chi connectivity index (χ2v) is 9.58. The number of fused-ring (bicyclic) bond motifs is 1. The third-order valence-electron chi connectivity index (χ3n) is 7.04. The number of ether oxygens (including phenoxy) is 1. The van der Waals surface area contributed by atoms with E-state index in [1.165, 1.54) is 35.2 Å². The number of carbonyl (C=O) groups excluding carboxylic acids is 3. The van der Waals surface area contributed by atoms with E-state index >= 15 is 0 Å². The van der Waals surface area contributed by atoms with E-state index in [9.17, 15) is 23.2 Å². The van der Waals surface area contributed by atoms with Crippen LogP contribution in [0.1, 0.15) is 61.5 Å². The highest BCUT2D eigenvalue weighted by molar-refractivity contribution is 5.99. The van der Waals surface area contributed by atoms with Crippen molar-refractivity contribution in [3.63, 3.8) is 0 Å². The van der Waals surface area contributed by atoms with Crippen molar-refractivity contribution in [3.8, 4) is 0 Å². The molecule has 5 rings (SSSR count). The number of benzene rings is 4.